The number of hydrogen-bond donors (Lipinski definition) is 1. The minimum absolute atomic E-state index is 0.288. The summed E-state index contributed by atoms with van der Waals surface area (Å²) in [7, 11) is 0. The molecule has 1 N–H and O–H groups in total. The van der Waals surface area contributed by atoms with E-state index in [0.717, 1.165) is 22.0 Å². The zero-order valence-electron chi connectivity index (χ0n) is 14.2. The van der Waals surface area contributed by atoms with Crippen molar-refractivity contribution < 1.29 is 4.79 Å². The van der Waals surface area contributed by atoms with Crippen LogP contribution in [-0.4, -0.2) is 10.9 Å². The molecule has 3 aromatic rings. The molecule has 0 bridgehead atoms. The maximum absolute atomic E-state index is 12.6. The number of carbonyl (C=O) groups is 1. The van der Waals surface area contributed by atoms with E-state index >= 15 is 0 Å². The quantitative estimate of drug-likeness (QED) is 0.783. The number of hydrogen-bond acceptors (Lipinski definition) is 4. The number of carbonyl (C=O) groups excluding carboxylic acids is 1. The number of nitrogens with one attached hydrogen (secondary N) is 1. The number of fused-ring (bicyclic) bond motifs is 1. The molecule has 0 radical (unpaired) electrons. The second-order valence-electron chi connectivity index (χ2n) is 6.01. The molecule has 0 saturated heterocycles. The van der Waals surface area contributed by atoms with Crippen molar-refractivity contribution in [3.63, 3.8) is 0 Å². The van der Waals surface area contributed by atoms with Crippen molar-refractivity contribution in [3.8, 4) is 12.1 Å². The molecule has 1 heterocycles. The number of benzene rings is 2. The molecule has 0 spiro atoms. The maximum atomic E-state index is 12.6. The Morgan fingerprint density at radius 1 is 1.15 bits per heavy atom. The summed E-state index contributed by atoms with van der Waals surface area (Å²) in [6.45, 7) is 1.96. The van der Waals surface area contributed by atoms with Crippen molar-refractivity contribution in [1.82, 2.24) is 4.98 Å². The standard InChI is InChI=1S/C21H16N4O/c1-14-4-9-19(18-3-2-10-24-20(14)18)25-21(26)17(13-23)11-15-5-7-16(12-22)8-6-15/h2-10,17H,11H2,1H3,(H,25,26)/t17-/m0/s1. The average Bonchev–Trinajstić information content (AvgIpc) is 2.69. The van der Waals surface area contributed by atoms with Gasteiger partial charge in [0.25, 0.3) is 0 Å². The van der Waals surface area contributed by atoms with Gasteiger partial charge in [0, 0.05) is 11.6 Å². The first-order valence-corrected chi connectivity index (χ1v) is 8.16. The van der Waals surface area contributed by atoms with E-state index < -0.39 is 5.92 Å². The third-order valence-corrected chi connectivity index (χ3v) is 4.22. The first-order valence-electron chi connectivity index (χ1n) is 8.16. The molecule has 3 rings (SSSR count). The highest BCUT2D eigenvalue weighted by Crippen LogP contribution is 2.25. The lowest BCUT2D eigenvalue weighted by Crippen LogP contribution is -2.23. The van der Waals surface area contributed by atoms with Crippen molar-refractivity contribution in [2.75, 3.05) is 5.32 Å². The topological polar surface area (TPSA) is 89.6 Å². The number of rotatable bonds is 4. The zero-order chi connectivity index (χ0) is 18.5. The minimum Gasteiger partial charge on any atom is -0.324 e. The molecule has 0 unspecified atom stereocenters. The van der Waals surface area contributed by atoms with Crippen LogP contribution in [0.1, 0.15) is 16.7 Å². The Kier molecular flexibility index (Phi) is 4.92. The molecule has 26 heavy (non-hydrogen) atoms. The number of pyridine rings is 1. The van der Waals surface area contributed by atoms with Crippen LogP contribution in [0.2, 0.25) is 0 Å². The minimum atomic E-state index is -0.823. The van der Waals surface area contributed by atoms with Crippen molar-refractivity contribution in [2.24, 2.45) is 5.92 Å². The smallest absolute Gasteiger partial charge is 0.242 e. The lowest BCUT2D eigenvalue weighted by atomic mass is 9.98. The molecule has 5 heteroatoms. The Bertz CT molecular complexity index is 1040. The number of aromatic nitrogens is 1. The highest BCUT2D eigenvalue weighted by Gasteiger charge is 2.19. The second-order valence-corrected chi connectivity index (χ2v) is 6.01. The molecule has 5 nitrogen and oxygen atoms in total. The summed E-state index contributed by atoms with van der Waals surface area (Å²) in [4.78, 5) is 16.9. The summed E-state index contributed by atoms with van der Waals surface area (Å²) < 4.78 is 0. The van der Waals surface area contributed by atoms with Crippen LogP contribution in [0.15, 0.2) is 54.7 Å². The van der Waals surface area contributed by atoms with Crippen molar-refractivity contribution in [1.29, 1.82) is 10.5 Å². The predicted molar refractivity (Wildman–Crippen MR) is 99.1 cm³/mol. The molecule has 0 fully saturated rings. The van der Waals surface area contributed by atoms with E-state index in [-0.39, 0.29) is 12.3 Å². The van der Waals surface area contributed by atoms with Gasteiger partial charge in [0.15, 0.2) is 0 Å². The number of anilines is 1. The first-order chi connectivity index (χ1) is 12.6. The van der Waals surface area contributed by atoms with Gasteiger partial charge in [-0.2, -0.15) is 10.5 Å². The van der Waals surface area contributed by atoms with Gasteiger partial charge in [-0.05, 0) is 54.8 Å². The van der Waals surface area contributed by atoms with Crippen LogP contribution in [0.4, 0.5) is 5.69 Å². The lowest BCUT2D eigenvalue weighted by Gasteiger charge is -2.13. The van der Waals surface area contributed by atoms with Crippen LogP contribution in [-0.2, 0) is 11.2 Å². The van der Waals surface area contributed by atoms with E-state index in [1.165, 1.54) is 0 Å². The van der Waals surface area contributed by atoms with Crippen LogP contribution < -0.4 is 5.32 Å². The summed E-state index contributed by atoms with van der Waals surface area (Å²) in [5, 5.41) is 22.0. The number of amides is 1. The van der Waals surface area contributed by atoms with E-state index in [4.69, 9.17) is 5.26 Å². The lowest BCUT2D eigenvalue weighted by molar-refractivity contribution is -0.118. The van der Waals surface area contributed by atoms with Gasteiger partial charge < -0.3 is 5.32 Å². The fraction of sp³-hybridized carbons (Fsp3) is 0.143. The van der Waals surface area contributed by atoms with E-state index in [9.17, 15) is 10.1 Å². The van der Waals surface area contributed by atoms with Gasteiger partial charge in [-0.15, -0.1) is 0 Å². The fourth-order valence-corrected chi connectivity index (χ4v) is 2.79. The van der Waals surface area contributed by atoms with Crippen LogP contribution in [0.3, 0.4) is 0 Å². The Balaban J connectivity index is 1.81. The zero-order valence-corrected chi connectivity index (χ0v) is 14.2. The first kappa shape index (κ1) is 17.1. The van der Waals surface area contributed by atoms with Crippen LogP contribution in [0.25, 0.3) is 10.9 Å². The SMILES string of the molecule is Cc1ccc(NC(=O)[C@H](C#N)Cc2ccc(C#N)cc2)c2cccnc12. The van der Waals surface area contributed by atoms with Crippen molar-refractivity contribution in [3.05, 3.63) is 71.4 Å². The monoisotopic (exact) mass is 340 g/mol. The number of aryl methyl sites for hydroxylation is 1. The molecule has 0 aliphatic rings. The molecule has 0 aliphatic carbocycles. The highest BCUT2D eigenvalue weighted by atomic mass is 16.1. The summed E-state index contributed by atoms with van der Waals surface area (Å²) in [6.07, 6.45) is 2.00. The van der Waals surface area contributed by atoms with Crippen LogP contribution in [0.5, 0.6) is 0 Å². The van der Waals surface area contributed by atoms with Gasteiger partial charge >= 0.3 is 0 Å². The third-order valence-electron chi connectivity index (χ3n) is 4.22. The van der Waals surface area contributed by atoms with Gasteiger partial charge in [0.2, 0.25) is 5.91 Å². The van der Waals surface area contributed by atoms with E-state index in [1.807, 2.05) is 37.3 Å². The molecule has 2 aromatic carbocycles. The molecular weight excluding hydrogens is 324 g/mol. The normalized spacial score (nSPS) is 11.3. The molecule has 1 amide bonds. The van der Waals surface area contributed by atoms with Crippen molar-refractivity contribution in [2.45, 2.75) is 13.3 Å². The largest absolute Gasteiger partial charge is 0.324 e. The van der Waals surface area contributed by atoms with Gasteiger partial charge in [-0.25, -0.2) is 0 Å². The van der Waals surface area contributed by atoms with Gasteiger partial charge in [0.1, 0.15) is 5.92 Å². The van der Waals surface area contributed by atoms with Gasteiger partial charge in [-0.1, -0.05) is 18.2 Å². The molecule has 0 saturated carbocycles. The third kappa shape index (κ3) is 3.53. The summed E-state index contributed by atoms with van der Waals surface area (Å²) in [6, 6.07) is 18.4. The average molecular weight is 340 g/mol. The molecule has 126 valence electrons. The van der Waals surface area contributed by atoms with E-state index in [0.29, 0.717) is 11.3 Å². The molecule has 0 aliphatic heterocycles. The van der Waals surface area contributed by atoms with Gasteiger partial charge in [-0.3, -0.25) is 9.78 Å². The fourth-order valence-electron chi connectivity index (χ4n) is 2.79. The van der Waals surface area contributed by atoms with Crippen molar-refractivity contribution >= 4 is 22.5 Å². The Morgan fingerprint density at radius 3 is 2.62 bits per heavy atom. The molecule has 1 aromatic heterocycles. The summed E-state index contributed by atoms with van der Waals surface area (Å²) in [5.74, 6) is -1.18. The summed E-state index contributed by atoms with van der Waals surface area (Å²) in [5.41, 5.74) is 3.87. The Morgan fingerprint density at radius 2 is 1.92 bits per heavy atom. The second kappa shape index (κ2) is 7.46. The number of nitriles is 2. The Labute approximate surface area is 151 Å². The highest BCUT2D eigenvalue weighted by molar-refractivity contribution is 6.03. The predicted octanol–water partition coefficient (Wildman–Crippen LogP) is 3.74. The van der Waals surface area contributed by atoms with Crippen LogP contribution in [0, 0.1) is 35.5 Å². The maximum Gasteiger partial charge on any atom is 0.242 e. The van der Waals surface area contributed by atoms with Gasteiger partial charge in [0.05, 0.1) is 28.9 Å². The Hall–Kier alpha value is -3.70. The van der Waals surface area contributed by atoms with E-state index in [2.05, 4.69) is 16.4 Å². The van der Waals surface area contributed by atoms with E-state index in [1.54, 1.807) is 30.5 Å². The van der Waals surface area contributed by atoms with Crippen LogP contribution >= 0.6 is 0 Å². The molecule has 1 atom stereocenters. The summed E-state index contributed by atoms with van der Waals surface area (Å²) >= 11 is 0. The number of nitrogens with zero attached hydrogens (tertiary/aromatic N) is 3. The molecular formula is C21H16N4O.